The van der Waals surface area contributed by atoms with Gasteiger partial charge in [-0.25, -0.2) is 0 Å². The second kappa shape index (κ2) is 5.65. The fourth-order valence-corrected chi connectivity index (χ4v) is 0.715. The summed E-state index contributed by atoms with van der Waals surface area (Å²) >= 11 is 0. The van der Waals surface area contributed by atoms with Gasteiger partial charge in [-0.15, -0.1) is 6.58 Å². The molecule has 0 amide bonds. The number of oxime groups is 1. The van der Waals surface area contributed by atoms with Crippen LogP contribution in [-0.4, -0.2) is 23.2 Å². The average molecular weight is 154 g/mol. The van der Waals surface area contributed by atoms with Crippen molar-refractivity contribution in [2.45, 2.75) is 20.3 Å². The molecule has 1 N–H and O–H groups in total. The lowest BCUT2D eigenvalue weighted by atomic mass is 10.2. The van der Waals surface area contributed by atoms with Crippen LogP contribution >= 0.6 is 0 Å². The molecule has 0 heterocycles. The van der Waals surface area contributed by atoms with Crippen LogP contribution in [-0.2, 0) is 0 Å². The van der Waals surface area contributed by atoms with Crippen molar-refractivity contribution in [3.05, 3.63) is 12.7 Å². The van der Waals surface area contributed by atoms with Gasteiger partial charge < -0.3 is 5.21 Å². The molecule has 0 bridgehead atoms. The van der Waals surface area contributed by atoms with E-state index >= 15 is 0 Å². The lowest BCUT2D eigenvalue weighted by molar-refractivity contribution is 0.320. The van der Waals surface area contributed by atoms with Crippen LogP contribution in [0.4, 0.5) is 0 Å². The van der Waals surface area contributed by atoms with E-state index < -0.39 is 0 Å². The van der Waals surface area contributed by atoms with Crippen LogP contribution in [0.15, 0.2) is 22.8 Å². The fraction of sp³-hybridized carbons (Fsp3) is 0.500. The zero-order valence-electron chi connectivity index (χ0n) is 7.04. The van der Waals surface area contributed by atoms with Gasteiger partial charge in [0, 0.05) is 0 Å². The van der Waals surface area contributed by atoms with Crippen molar-refractivity contribution in [2.75, 3.05) is 6.54 Å². The Morgan fingerprint density at radius 2 is 2.27 bits per heavy atom. The van der Waals surface area contributed by atoms with Gasteiger partial charge in [-0.1, -0.05) is 18.2 Å². The van der Waals surface area contributed by atoms with E-state index in [9.17, 15) is 0 Å². The molecule has 0 aliphatic rings. The first-order valence-corrected chi connectivity index (χ1v) is 3.59. The smallest absolute Gasteiger partial charge is 0.0974 e. The van der Waals surface area contributed by atoms with Crippen molar-refractivity contribution in [1.82, 2.24) is 0 Å². The predicted molar refractivity (Wildman–Crippen MR) is 47.7 cm³/mol. The Bertz CT molecular complexity index is 183. The molecule has 0 aromatic heterocycles. The Morgan fingerprint density at radius 3 is 2.64 bits per heavy atom. The zero-order chi connectivity index (χ0) is 8.69. The number of aliphatic imine (C=N–C) groups is 1. The molecular weight excluding hydrogens is 140 g/mol. The highest BCUT2D eigenvalue weighted by molar-refractivity contribution is 6.41. The summed E-state index contributed by atoms with van der Waals surface area (Å²) in [7, 11) is 0. The second-order valence-corrected chi connectivity index (χ2v) is 2.12. The van der Waals surface area contributed by atoms with Gasteiger partial charge in [-0.05, 0) is 13.3 Å². The highest BCUT2D eigenvalue weighted by Gasteiger charge is 1.98. The van der Waals surface area contributed by atoms with Crippen molar-refractivity contribution in [1.29, 1.82) is 0 Å². The summed E-state index contributed by atoms with van der Waals surface area (Å²) in [6.07, 6.45) is 2.49. The quantitative estimate of drug-likeness (QED) is 0.286. The largest absolute Gasteiger partial charge is 0.411 e. The lowest BCUT2D eigenvalue weighted by Gasteiger charge is -1.98. The highest BCUT2D eigenvalue weighted by Crippen LogP contribution is 1.90. The van der Waals surface area contributed by atoms with Crippen LogP contribution in [0, 0.1) is 0 Å². The van der Waals surface area contributed by atoms with Gasteiger partial charge in [0.25, 0.3) is 0 Å². The predicted octanol–water partition coefficient (Wildman–Crippen LogP) is 1.87. The minimum atomic E-state index is 0.578. The molecular formula is C8H14N2O. The molecule has 3 nitrogen and oxygen atoms in total. The van der Waals surface area contributed by atoms with Crippen LogP contribution < -0.4 is 0 Å². The van der Waals surface area contributed by atoms with Crippen LogP contribution in [0.1, 0.15) is 20.3 Å². The van der Waals surface area contributed by atoms with Crippen LogP contribution in [0.5, 0.6) is 0 Å². The number of hydrogen-bond acceptors (Lipinski definition) is 3. The van der Waals surface area contributed by atoms with Gasteiger partial charge in [-0.3, -0.25) is 4.99 Å². The topological polar surface area (TPSA) is 45.0 Å². The van der Waals surface area contributed by atoms with E-state index in [2.05, 4.69) is 16.7 Å². The summed E-state index contributed by atoms with van der Waals surface area (Å²) in [4.78, 5) is 4.14. The van der Waals surface area contributed by atoms with E-state index in [0.717, 1.165) is 12.1 Å². The molecule has 0 spiro atoms. The summed E-state index contributed by atoms with van der Waals surface area (Å²) in [5.74, 6) is 0. The van der Waals surface area contributed by atoms with Crippen molar-refractivity contribution < 1.29 is 5.21 Å². The first kappa shape index (κ1) is 9.88. The van der Waals surface area contributed by atoms with Crippen LogP contribution in [0.2, 0.25) is 0 Å². The summed E-state index contributed by atoms with van der Waals surface area (Å²) in [5.41, 5.74) is 1.40. The number of rotatable bonds is 4. The van der Waals surface area contributed by atoms with E-state index in [1.165, 1.54) is 0 Å². The molecule has 0 atom stereocenters. The molecule has 0 radical (unpaired) electrons. The molecule has 3 heteroatoms. The first-order valence-electron chi connectivity index (χ1n) is 3.59. The van der Waals surface area contributed by atoms with Crippen molar-refractivity contribution >= 4 is 11.4 Å². The molecule has 0 fully saturated rings. The van der Waals surface area contributed by atoms with Crippen LogP contribution in [0.3, 0.4) is 0 Å². The normalized spacial score (nSPS) is 13.3. The maximum atomic E-state index is 8.42. The molecule has 0 aromatic carbocycles. The summed E-state index contributed by atoms with van der Waals surface area (Å²) in [6.45, 7) is 7.82. The maximum absolute atomic E-state index is 8.42. The Kier molecular flexibility index (Phi) is 5.07. The molecule has 62 valence electrons. The molecule has 11 heavy (non-hydrogen) atoms. The summed E-state index contributed by atoms with van der Waals surface area (Å²) in [5, 5.41) is 11.5. The number of nitrogens with zero attached hydrogens (tertiary/aromatic N) is 2. The molecule has 0 aliphatic carbocycles. The Morgan fingerprint density at radius 1 is 1.64 bits per heavy atom. The molecule has 0 rings (SSSR count). The van der Waals surface area contributed by atoms with E-state index in [-0.39, 0.29) is 0 Å². The third-order valence-electron chi connectivity index (χ3n) is 1.31. The maximum Gasteiger partial charge on any atom is 0.0974 e. The van der Waals surface area contributed by atoms with Crippen molar-refractivity contribution in [3.63, 3.8) is 0 Å². The molecule has 0 aromatic rings. The van der Waals surface area contributed by atoms with Gasteiger partial charge in [0.1, 0.15) is 0 Å². The van der Waals surface area contributed by atoms with Gasteiger partial charge in [0.05, 0.1) is 18.0 Å². The third-order valence-corrected chi connectivity index (χ3v) is 1.31. The average Bonchev–Trinajstić information content (AvgIpc) is 2.05. The Hall–Kier alpha value is -1.12. The standard InChI is InChI=1S/C8H14N2O/c1-4-6-9-8(5-2)7(3)10-11/h4,11H,1,5-6H2,2-3H3/b9-8?,10-7+. The van der Waals surface area contributed by atoms with Gasteiger partial charge in [-0.2, -0.15) is 0 Å². The molecule has 0 unspecified atom stereocenters. The van der Waals surface area contributed by atoms with E-state index in [1.54, 1.807) is 13.0 Å². The molecule has 0 saturated carbocycles. The zero-order valence-corrected chi connectivity index (χ0v) is 7.04. The van der Waals surface area contributed by atoms with E-state index in [4.69, 9.17) is 5.21 Å². The minimum Gasteiger partial charge on any atom is -0.411 e. The summed E-state index contributed by atoms with van der Waals surface area (Å²) in [6, 6.07) is 0. The summed E-state index contributed by atoms with van der Waals surface area (Å²) < 4.78 is 0. The number of hydrogen-bond donors (Lipinski definition) is 1. The fourth-order valence-electron chi connectivity index (χ4n) is 0.715. The lowest BCUT2D eigenvalue weighted by Crippen LogP contribution is -2.09. The first-order chi connectivity index (χ1) is 5.26. The Balaban J connectivity index is 4.26. The van der Waals surface area contributed by atoms with Gasteiger partial charge in [0.15, 0.2) is 0 Å². The molecule has 0 saturated heterocycles. The third kappa shape index (κ3) is 3.55. The van der Waals surface area contributed by atoms with Crippen molar-refractivity contribution in [2.24, 2.45) is 10.1 Å². The van der Waals surface area contributed by atoms with Gasteiger partial charge in [0.2, 0.25) is 0 Å². The SMILES string of the molecule is C=CCN=C(CC)/C(C)=N/O. The second-order valence-electron chi connectivity index (χ2n) is 2.12. The highest BCUT2D eigenvalue weighted by atomic mass is 16.4. The monoisotopic (exact) mass is 154 g/mol. The van der Waals surface area contributed by atoms with Gasteiger partial charge >= 0.3 is 0 Å². The van der Waals surface area contributed by atoms with E-state index in [0.29, 0.717) is 12.3 Å². The van der Waals surface area contributed by atoms with Crippen LogP contribution in [0.25, 0.3) is 0 Å². The van der Waals surface area contributed by atoms with E-state index in [1.807, 2.05) is 6.92 Å². The van der Waals surface area contributed by atoms with Crippen molar-refractivity contribution in [3.8, 4) is 0 Å². The minimum absolute atomic E-state index is 0.578. The molecule has 0 aliphatic heterocycles. The Labute approximate surface area is 67.1 Å².